The highest BCUT2D eigenvalue weighted by atomic mass is 16.7. The summed E-state index contributed by atoms with van der Waals surface area (Å²) in [5, 5.41) is 8.38. The molecule has 2 aromatic rings. The molecular weight excluding hydrogens is 320 g/mol. The minimum atomic E-state index is 0.243. The lowest BCUT2D eigenvalue weighted by atomic mass is 10.1. The molecule has 7 heteroatoms. The predicted molar refractivity (Wildman–Crippen MR) is 93.6 cm³/mol. The minimum absolute atomic E-state index is 0.243. The van der Waals surface area contributed by atoms with Gasteiger partial charge >= 0.3 is 0 Å². The highest BCUT2D eigenvalue weighted by Gasteiger charge is 2.20. The van der Waals surface area contributed by atoms with Gasteiger partial charge in [-0.3, -0.25) is 4.90 Å². The number of nitrogens with zero attached hydrogens (tertiary/aromatic N) is 4. The summed E-state index contributed by atoms with van der Waals surface area (Å²) in [6.45, 7) is 8.84. The second kappa shape index (κ2) is 7.84. The molecule has 0 unspecified atom stereocenters. The molecule has 7 nitrogen and oxygen atoms in total. The smallest absolute Gasteiger partial charge is 0.231 e. The van der Waals surface area contributed by atoms with Crippen LogP contribution in [0.4, 0.5) is 0 Å². The Hall–Kier alpha value is -2.12. The molecule has 0 saturated carbocycles. The zero-order chi connectivity index (χ0) is 17.8. The molecule has 1 aromatic heterocycles. The molecule has 3 rings (SSSR count). The molecule has 1 aliphatic heterocycles. The lowest BCUT2D eigenvalue weighted by molar-refractivity contribution is 0.0866. The SMILES string of the molecule is COC[C@H](C)N(Cc1ccc2c(c1)OCO2)Cc1nncn1C(C)C. The summed E-state index contributed by atoms with van der Waals surface area (Å²) in [7, 11) is 1.73. The second-order valence-corrected chi connectivity index (χ2v) is 6.65. The predicted octanol–water partition coefficient (Wildman–Crippen LogP) is 2.62. The van der Waals surface area contributed by atoms with Crippen LogP contribution in [-0.4, -0.2) is 46.2 Å². The summed E-state index contributed by atoms with van der Waals surface area (Å²) in [6, 6.07) is 6.66. The van der Waals surface area contributed by atoms with Gasteiger partial charge in [0.2, 0.25) is 6.79 Å². The van der Waals surface area contributed by atoms with E-state index in [0.717, 1.165) is 23.9 Å². The van der Waals surface area contributed by atoms with Gasteiger partial charge in [0.1, 0.15) is 12.2 Å². The molecule has 25 heavy (non-hydrogen) atoms. The van der Waals surface area contributed by atoms with Crippen LogP contribution < -0.4 is 9.47 Å². The monoisotopic (exact) mass is 346 g/mol. The molecule has 0 fully saturated rings. The zero-order valence-corrected chi connectivity index (χ0v) is 15.3. The standard InChI is InChI=1S/C18H26N4O3/c1-13(2)22-11-19-20-18(22)9-21(14(3)10-23-4)8-15-5-6-16-17(7-15)25-12-24-16/h5-7,11,13-14H,8-10,12H2,1-4H3/t14-/m0/s1. The molecular formula is C18H26N4O3. The summed E-state index contributed by atoms with van der Waals surface area (Å²) >= 11 is 0. The maximum atomic E-state index is 5.49. The van der Waals surface area contributed by atoms with Gasteiger partial charge in [-0.1, -0.05) is 6.07 Å². The maximum absolute atomic E-state index is 5.49. The Balaban J connectivity index is 1.78. The van der Waals surface area contributed by atoms with Crippen LogP contribution in [0.1, 0.15) is 38.2 Å². The van der Waals surface area contributed by atoms with E-state index in [-0.39, 0.29) is 6.04 Å². The number of fused-ring (bicyclic) bond motifs is 1. The van der Waals surface area contributed by atoms with Crippen LogP contribution in [0.5, 0.6) is 11.5 Å². The lowest BCUT2D eigenvalue weighted by Crippen LogP contribution is -2.36. The van der Waals surface area contributed by atoms with Crippen LogP contribution in [0.15, 0.2) is 24.5 Å². The Morgan fingerprint density at radius 3 is 2.76 bits per heavy atom. The van der Waals surface area contributed by atoms with E-state index >= 15 is 0 Å². The number of aromatic nitrogens is 3. The van der Waals surface area contributed by atoms with Gasteiger partial charge in [0.05, 0.1) is 13.2 Å². The van der Waals surface area contributed by atoms with E-state index in [9.17, 15) is 0 Å². The average Bonchev–Trinajstić information content (AvgIpc) is 3.22. The van der Waals surface area contributed by atoms with Gasteiger partial charge < -0.3 is 18.8 Å². The molecule has 2 heterocycles. The molecule has 1 atom stereocenters. The number of benzene rings is 1. The van der Waals surface area contributed by atoms with E-state index in [1.165, 1.54) is 5.56 Å². The van der Waals surface area contributed by atoms with E-state index in [2.05, 4.69) is 46.5 Å². The van der Waals surface area contributed by atoms with Crippen molar-refractivity contribution in [2.75, 3.05) is 20.5 Å². The summed E-state index contributed by atoms with van der Waals surface area (Å²) in [6.07, 6.45) is 1.79. The summed E-state index contributed by atoms with van der Waals surface area (Å²) in [5.41, 5.74) is 1.17. The molecule has 136 valence electrons. The Morgan fingerprint density at radius 1 is 1.20 bits per heavy atom. The summed E-state index contributed by atoms with van der Waals surface area (Å²) in [5.74, 6) is 2.57. The molecule has 0 N–H and O–H groups in total. The van der Waals surface area contributed by atoms with Gasteiger partial charge in [-0.25, -0.2) is 0 Å². The van der Waals surface area contributed by atoms with Crippen LogP contribution in [0.3, 0.4) is 0 Å². The average molecular weight is 346 g/mol. The Morgan fingerprint density at radius 2 is 2.00 bits per heavy atom. The van der Waals surface area contributed by atoms with Crippen LogP contribution in [0.2, 0.25) is 0 Å². The number of methoxy groups -OCH3 is 1. The van der Waals surface area contributed by atoms with Crippen molar-refractivity contribution in [2.45, 2.75) is 45.9 Å². The second-order valence-electron chi connectivity index (χ2n) is 6.65. The van der Waals surface area contributed by atoms with Crippen molar-refractivity contribution in [2.24, 2.45) is 0 Å². The fourth-order valence-corrected chi connectivity index (χ4v) is 2.98. The van der Waals surface area contributed by atoms with E-state index in [1.807, 2.05) is 12.1 Å². The first kappa shape index (κ1) is 17.7. The topological polar surface area (TPSA) is 61.6 Å². The minimum Gasteiger partial charge on any atom is -0.454 e. The van der Waals surface area contributed by atoms with E-state index < -0.39 is 0 Å². The van der Waals surface area contributed by atoms with Crippen LogP contribution in [0, 0.1) is 0 Å². The van der Waals surface area contributed by atoms with Gasteiger partial charge in [-0.05, 0) is 38.5 Å². The quantitative estimate of drug-likeness (QED) is 0.732. The number of hydrogen-bond donors (Lipinski definition) is 0. The van der Waals surface area contributed by atoms with E-state index in [4.69, 9.17) is 14.2 Å². The van der Waals surface area contributed by atoms with Crippen molar-refractivity contribution in [1.82, 2.24) is 19.7 Å². The normalized spacial score (nSPS) is 14.5. The Bertz CT molecular complexity index is 701. The largest absolute Gasteiger partial charge is 0.454 e. The third-order valence-electron chi connectivity index (χ3n) is 4.40. The molecule has 0 bridgehead atoms. The van der Waals surface area contributed by atoms with Gasteiger partial charge in [-0.15, -0.1) is 10.2 Å². The van der Waals surface area contributed by atoms with Gasteiger partial charge in [0.15, 0.2) is 11.5 Å². The molecule has 1 aliphatic rings. The van der Waals surface area contributed by atoms with E-state index in [1.54, 1.807) is 13.4 Å². The van der Waals surface area contributed by atoms with Crippen molar-refractivity contribution < 1.29 is 14.2 Å². The van der Waals surface area contributed by atoms with Crippen molar-refractivity contribution in [3.8, 4) is 11.5 Å². The zero-order valence-electron chi connectivity index (χ0n) is 15.3. The summed E-state index contributed by atoms with van der Waals surface area (Å²) in [4.78, 5) is 2.34. The Labute approximate surface area is 148 Å². The molecule has 0 spiro atoms. The number of hydrogen-bond acceptors (Lipinski definition) is 6. The molecule has 0 saturated heterocycles. The molecule has 0 aliphatic carbocycles. The van der Waals surface area contributed by atoms with Crippen molar-refractivity contribution in [3.63, 3.8) is 0 Å². The van der Waals surface area contributed by atoms with Crippen molar-refractivity contribution in [1.29, 1.82) is 0 Å². The lowest BCUT2D eigenvalue weighted by Gasteiger charge is -2.28. The highest BCUT2D eigenvalue weighted by molar-refractivity contribution is 5.44. The first-order valence-corrected chi connectivity index (χ1v) is 8.58. The third-order valence-corrected chi connectivity index (χ3v) is 4.40. The molecule has 0 radical (unpaired) electrons. The third kappa shape index (κ3) is 4.11. The fourth-order valence-electron chi connectivity index (χ4n) is 2.98. The van der Waals surface area contributed by atoms with Crippen molar-refractivity contribution in [3.05, 3.63) is 35.9 Å². The highest BCUT2D eigenvalue weighted by Crippen LogP contribution is 2.33. The molecule has 0 amide bonds. The summed E-state index contributed by atoms with van der Waals surface area (Å²) < 4.78 is 18.4. The maximum Gasteiger partial charge on any atom is 0.231 e. The van der Waals surface area contributed by atoms with Gasteiger partial charge in [0, 0.05) is 25.7 Å². The van der Waals surface area contributed by atoms with Gasteiger partial charge in [-0.2, -0.15) is 0 Å². The number of rotatable bonds is 8. The van der Waals surface area contributed by atoms with Gasteiger partial charge in [0.25, 0.3) is 0 Å². The number of ether oxygens (including phenoxy) is 3. The van der Waals surface area contributed by atoms with Crippen molar-refractivity contribution >= 4 is 0 Å². The fraction of sp³-hybridized carbons (Fsp3) is 0.556. The van der Waals surface area contributed by atoms with Crippen LogP contribution in [0.25, 0.3) is 0 Å². The van der Waals surface area contributed by atoms with Crippen LogP contribution >= 0.6 is 0 Å². The first-order valence-electron chi connectivity index (χ1n) is 8.58. The molecule has 1 aromatic carbocycles. The van der Waals surface area contributed by atoms with Crippen LogP contribution in [-0.2, 0) is 17.8 Å². The Kier molecular flexibility index (Phi) is 5.55. The van der Waals surface area contributed by atoms with E-state index in [0.29, 0.717) is 26.0 Å². The first-order chi connectivity index (χ1) is 12.1.